The average Bonchev–Trinajstić information content (AvgIpc) is 2.81. The van der Waals surface area contributed by atoms with E-state index >= 15 is 0 Å². The minimum Gasteiger partial charge on any atom is -0.271 e. The van der Waals surface area contributed by atoms with Crippen LogP contribution in [-0.2, 0) is 6.18 Å². The summed E-state index contributed by atoms with van der Waals surface area (Å²) in [6.07, 6.45) is -4.63. The maximum absolute atomic E-state index is 13.5. The SMILES string of the molecule is Cc1c(C(F)(F)F)n(C(=O)c2ccc(Cl)cc2)c2ccccc12. The van der Waals surface area contributed by atoms with Crippen molar-refractivity contribution >= 4 is 28.4 Å². The van der Waals surface area contributed by atoms with Gasteiger partial charge in [0, 0.05) is 16.0 Å². The largest absolute Gasteiger partial charge is 0.432 e. The second kappa shape index (κ2) is 5.42. The molecule has 1 heterocycles. The average molecular weight is 338 g/mol. The number of alkyl halides is 3. The summed E-state index contributed by atoms with van der Waals surface area (Å²) in [5.74, 6) is -0.738. The highest BCUT2D eigenvalue weighted by Gasteiger charge is 2.39. The van der Waals surface area contributed by atoms with Gasteiger partial charge in [0.25, 0.3) is 5.91 Å². The minimum absolute atomic E-state index is 0.0374. The van der Waals surface area contributed by atoms with Crippen molar-refractivity contribution in [2.75, 3.05) is 0 Å². The summed E-state index contributed by atoms with van der Waals surface area (Å²) < 4.78 is 41.2. The van der Waals surface area contributed by atoms with Crippen molar-refractivity contribution in [3.63, 3.8) is 0 Å². The Morgan fingerprint density at radius 1 is 1.04 bits per heavy atom. The molecule has 1 aromatic heterocycles. The third-order valence-electron chi connectivity index (χ3n) is 3.69. The lowest BCUT2D eigenvalue weighted by Crippen LogP contribution is -2.21. The second-order valence-corrected chi connectivity index (χ2v) is 5.57. The van der Waals surface area contributed by atoms with Gasteiger partial charge in [0.05, 0.1) is 5.52 Å². The number of carbonyl (C=O) groups excluding carboxylic acids is 1. The number of rotatable bonds is 1. The Morgan fingerprint density at radius 3 is 2.26 bits per heavy atom. The number of para-hydroxylation sites is 1. The van der Waals surface area contributed by atoms with Crippen LogP contribution in [0.25, 0.3) is 10.9 Å². The fourth-order valence-corrected chi connectivity index (χ4v) is 2.80. The van der Waals surface area contributed by atoms with E-state index in [2.05, 4.69) is 0 Å². The van der Waals surface area contributed by atoms with Gasteiger partial charge in [-0.2, -0.15) is 13.2 Å². The molecule has 0 spiro atoms. The number of aryl methyl sites for hydroxylation is 1. The number of fused-ring (bicyclic) bond motifs is 1. The van der Waals surface area contributed by atoms with Gasteiger partial charge in [-0.05, 0) is 42.8 Å². The van der Waals surface area contributed by atoms with E-state index in [1.54, 1.807) is 18.2 Å². The van der Waals surface area contributed by atoms with Gasteiger partial charge in [-0.15, -0.1) is 0 Å². The van der Waals surface area contributed by atoms with E-state index in [0.29, 0.717) is 10.4 Å². The van der Waals surface area contributed by atoms with Crippen molar-refractivity contribution < 1.29 is 18.0 Å². The predicted molar refractivity (Wildman–Crippen MR) is 82.9 cm³/mol. The Bertz CT molecular complexity index is 895. The summed E-state index contributed by atoms with van der Waals surface area (Å²) in [6.45, 7) is 1.37. The lowest BCUT2D eigenvalue weighted by atomic mass is 10.1. The molecule has 6 heteroatoms. The van der Waals surface area contributed by atoms with Crippen molar-refractivity contribution in [1.82, 2.24) is 4.57 Å². The van der Waals surface area contributed by atoms with E-state index in [-0.39, 0.29) is 16.6 Å². The van der Waals surface area contributed by atoms with E-state index < -0.39 is 17.8 Å². The molecule has 3 aromatic rings. The van der Waals surface area contributed by atoms with Gasteiger partial charge in [0.2, 0.25) is 0 Å². The van der Waals surface area contributed by atoms with Crippen LogP contribution in [0.15, 0.2) is 48.5 Å². The minimum atomic E-state index is -4.63. The van der Waals surface area contributed by atoms with Crippen LogP contribution < -0.4 is 0 Å². The summed E-state index contributed by atoms with van der Waals surface area (Å²) in [6, 6.07) is 12.1. The van der Waals surface area contributed by atoms with E-state index in [0.717, 1.165) is 4.57 Å². The molecule has 0 bridgehead atoms. The third-order valence-corrected chi connectivity index (χ3v) is 3.94. The molecule has 0 saturated heterocycles. The van der Waals surface area contributed by atoms with Gasteiger partial charge in [-0.1, -0.05) is 29.8 Å². The Morgan fingerprint density at radius 2 is 1.65 bits per heavy atom. The molecule has 118 valence electrons. The van der Waals surface area contributed by atoms with Crippen molar-refractivity contribution in [1.29, 1.82) is 0 Å². The molecular formula is C17H11ClF3NO. The molecule has 2 aromatic carbocycles. The van der Waals surface area contributed by atoms with Crippen LogP contribution in [-0.4, -0.2) is 10.5 Å². The van der Waals surface area contributed by atoms with E-state index in [9.17, 15) is 18.0 Å². The molecule has 0 N–H and O–H groups in total. The first-order valence-electron chi connectivity index (χ1n) is 6.78. The van der Waals surface area contributed by atoms with Crippen LogP contribution in [0, 0.1) is 6.92 Å². The first-order chi connectivity index (χ1) is 10.8. The monoisotopic (exact) mass is 337 g/mol. The Hall–Kier alpha value is -2.27. The van der Waals surface area contributed by atoms with Crippen molar-refractivity contribution in [2.24, 2.45) is 0 Å². The summed E-state index contributed by atoms with van der Waals surface area (Å²) >= 11 is 5.77. The molecule has 0 fully saturated rings. The van der Waals surface area contributed by atoms with E-state index in [1.165, 1.54) is 37.3 Å². The number of carbonyl (C=O) groups is 1. The maximum atomic E-state index is 13.5. The molecular weight excluding hydrogens is 327 g/mol. The molecule has 3 rings (SSSR count). The highest BCUT2D eigenvalue weighted by molar-refractivity contribution is 6.30. The van der Waals surface area contributed by atoms with Gasteiger partial charge >= 0.3 is 6.18 Å². The molecule has 0 aliphatic rings. The molecule has 0 aliphatic carbocycles. The normalized spacial score (nSPS) is 11.9. The number of benzene rings is 2. The topological polar surface area (TPSA) is 22.0 Å². The standard InChI is InChI=1S/C17H11ClF3NO/c1-10-13-4-2-3-5-14(13)22(15(10)17(19,20)21)16(23)11-6-8-12(18)9-7-11/h2-9H,1H3. The van der Waals surface area contributed by atoms with Gasteiger partial charge in [-0.25, -0.2) is 0 Å². The third kappa shape index (κ3) is 2.61. The fourth-order valence-electron chi connectivity index (χ4n) is 2.67. The summed E-state index contributed by atoms with van der Waals surface area (Å²) in [4.78, 5) is 12.7. The van der Waals surface area contributed by atoms with Crippen LogP contribution in [0.5, 0.6) is 0 Å². The van der Waals surface area contributed by atoms with Crippen LogP contribution in [0.1, 0.15) is 21.6 Å². The van der Waals surface area contributed by atoms with Crippen LogP contribution in [0.3, 0.4) is 0 Å². The van der Waals surface area contributed by atoms with Crippen LogP contribution in [0.2, 0.25) is 5.02 Å². The lowest BCUT2D eigenvalue weighted by Gasteiger charge is -2.13. The van der Waals surface area contributed by atoms with Gasteiger partial charge in [-0.3, -0.25) is 9.36 Å². The number of aromatic nitrogens is 1. The Kier molecular flexibility index (Phi) is 3.68. The number of hydrogen-bond acceptors (Lipinski definition) is 1. The zero-order chi connectivity index (χ0) is 16.8. The fraction of sp³-hybridized carbons (Fsp3) is 0.118. The van der Waals surface area contributed by atoms with Crippen LogP contribution >= 0.6 is 11.6 Å². The highest BCUT2D eigenvalue weighted by Crippen LogP contribution is 2.38. The van der Waals surface area contributed by atoms with Gasteiger partial charge in [0.15, 0.2) is 0 Å². The maximum Gasteiger partial charge on any atom is 0.432 e. The Labute approximate surface area is 135 Å². The summed E-state index contributed by atoms with van der Waals surface area (Å²) in [5.41, 5.74) is -0.535. The van der Waals surface area contributed by atoms with E-state index in [4.69, 9.17) is 11.6 Å². The smallest absolute Gasteiger partial charge is 0.271 e. The zero-order valence-electron chi connectivity index (χ0n) is 12.0. The highest BCUT2D eigenvalue weighted by atomic mass is 35.5. The molecule has 23 heavy (non-hydrogen) atoms. The Balaban J connectivity index is 2.31. The van der Waals surface area contributed by atoms with Crippen molar-refractivity contribution in [2.45, 2.75) is 13.1 Å². The first kappa shape index (κ1) is 15.6. The van der Waals surface area contributed by atoms with Gasteiger partial charge < -0.3 is 0 Å². The van der Waals surface area contributed by atoms with Gasteiger partial charge in [0.1, 0.15) is 5.69 Å². The molecule has 0 aliphatic heterocycles. The number of halogens is 4. The predicted octanol–water partition coefficient (Wildman–Crippen LogP) is 5.31. The molecule has 0 radical (unpaired) electrons. The van der Waals surface area contributed by atoms with Crippen molar-refractivity contribution in [3.05, 3.63) is 70.4 Å². The molecule has 0 amide bonds. The quantitative estimate of drug-likeness (QED) is 0.589. The first-order valence-corrected chi connectivity index (χ1v) is 7.16. The van der Waals surface area contributed by atoms with Crippen molar-refractivity contribution in [3.8, 4) is 0 Å². The molecule has 0 unspecified atom stereocenters. The number of nitrogens with zero attached hydrogens (tertiary/aromatic N) is 1. The number of hydrogen-bond donors (Lipinski definition) is 0. The summed E-state index contributed by atoms with van der Waals surface area (Å²) in [5, 5.41) is 0.813. The molecule has 2 nitrogen and oxygen atoms in total. The summed E-state index contributed by atoms with van der Waals surface area (Å²) in [7, 11) is 0. The lowest BCUT2D eigenvalue weighted by molar-refractivity contribution is -0.142. The second-order valence-electron chi connectivity index (χ2n) is 5.14. The molecule has 0 atom stereocenters. The zero-order valence-corrected chi connectivity index (χ0v) is 12.7. The van der Waals surface area contributed by atoms with Crippen LogP contribution in [0.4, 0.5) is 13.2 Å². The van der Waals surface area contributed by atoms with E-state index in [1.807, 2.05) is 0 Å². The molecule has 0 saturated carbocycles.